The van der Waals surface area contributed by atoms with Crippen molar-refractivity contribution in [3.63, 3.8) is 0 Å². The van der Waals surface area contributed by atoms with E-state index in [1.807, 2.05) is 6.08 Å². The highest BCUT2D eigenvalue weighted by molar-refractivity contribution is 5.54. The largest absolute Gasteiger partial charge is 0.327 e. The summed E-state index contributed by atoms with van der Waals surface area (Å²) < 4.78 is 2.22. The number of aldehydes is 1. The molecule has 0 bridgehead atoms. The minimum atomic E-state index is 0.509. The fraction of sp³-hybridized carbons (Fsp3) is 0.526. The number of hydrogen-bond acceptors (Lipinski definition) is 2. The molecule has 0 aliphatic carbocycles. The summed E-state index contributed by atoms with van der Waals surface area (Å²) in [6.07, 6.45) is 15.0. The predicted molar refractivity (Wildman–Crippen MR) is 92.6 cm³/mol. The van der Waals surface area contributed by atoms with E-state index in [4.69, 9.17) is 0 Å². The van der Waals surface area contributed by atoms with Gasteiger partial charge >= 0.3 is 0 Å². The maximum atomic E-state index is 10.5. The molecule has 0 N–H and O–H groups in total. The molecule has 0 aromatic carbocycles. The second kappa shape index (κ2) is 8.74. The van der Waals surface area contributed by atoms with Gasteiger partial charge in [0.1, 0.15) is 6.29 Å². The van der Waals surface area contributed by atoms with Gasteiger partial charge in [-0.1, -0.05) is 24.1 Å². The topological polar surface area (TPSA) is 25.2 Å². The molecule has 120 valence electrons. The number of nitrogens with zero attached hydrogens (tertiary/aromatic N) is 2. The van der Waals surface area contributed by atoms with Crippen molar-refractivity contribution in [1.82, 2.24) is 9.47 Å². The minimum absolute atomic E-state index is 0.509. The SMILES string of the molecule is C/C=C(\C/C(C)=C\CC=O)n1ccc(CN2CCCCC2)c1. The summed E-state index contributed by atoms with van der Waals surface area (Å²) in [6.45, 7) is 7.69. The van der Waals surface area contributed by atoms with Gasteiger partial charge in [0.05, 0.1) is 0 Å². The molecule has 22 heavy (non-hydrogen) atoms. The van der Waals surface area contributed by atoms with E-state index in [2.05, 4.69) is 47.9 Å². The van der Waals surface area contributed by atoms with Crippen molar-refractivity contribution >= 4 is 12.0 Å². The maximum Gasteiger partial charge on any atom is 0.123 e. The number of aromatic nitrogens is 1. The summed E-state index contributed by atoms with van der Waals surface area (Å²) >= 11 is 0. The van der Waals surface area contributed by atoms with E-state index in [-0.39, 0.29) is 0 Å². The van der Waals surface area contributed by atoms with Crippen LogP contribution in [0.4, 0.5) is 0 Å². The van der Waals surface area contributed by atoms with E-state index < -0.39 is 0 Å². The Kier molecular flexibility index (Phi) is 6.66. The van der Waals surface area contributed by atoms with Crippen LogP contribution in [-0.4, -0.2) is 28.8 Å². The van der Waals surface area contributed by atoms with Crippen LogP contribution in [0.5, 0.6) is 0 Å². The number of carbonyl (C=O) groups excluding carboxylic acids is 1. The molecule has 3 heteroatoms. The third kappa shape index (κ3) is 4.99. The zero-order chi connectivity index (χ0) is 15.8. The molecule has 3 nitrogen and oxygen atoms in total. The van der Waals surface area contributed by atoms with Gasteiger partial charge in [0.2, 0.25) is 0 Å². The smallest absolute Gasteiger partial charge is 0.123 e. The van der Waals surface area contributed by atoms with Crippen molar-refractivity contribution in [2.24, 2.45) is 0 Å². The average molecular weight is 300 g/mol. The first kappa shape index (κ1) is 16.8. The lowest BCUT2D eigenvalue weighted by atomic mass is 10.1. The molecule has 1 saturated heterocycles. The number of piperidine rings is 1. The summed E-state index contributed by atoms with van der Waals surface area (Å²) in [6, 6.07) is 2.22. The van der Waals surface area contributed by atoms with Gasteiger partial charge < -0.3 is 9.36 Å². The molecule has 2 heterocycles. The third-order valence-corrected chi connectivity index (χ3v) is 4.30. The van der Waals surface area contributed by atoms with Crippen molar-refractivity contribution in [3.8, 4) is 0 Å². The van der Waals surface area contributed by atoms with Crippen molar-refractivity contribution in [3.05, 3.63) is 41.7 Å². The lowest BCUT2D eigenvalue weighted by molar-refractivity contribution is -0.107. The molecule has 1 aromatic rings. The van der Waals surface area contributed by atoms with Gasteiger partial charge in [-0.2, -0.15) is 0 Å². The van der Waals surface area contributed by atoms with E-state index in [9.17, 15) is 4.79 Å². The number of rotatable bonds is 7. The van der Waals surface area contributed by atoms with E-state index >= 15 is 0 Å². The van der Waals surface area contributed by atoms with Crippen LogP contribution in [-0.2, 0) is 11.3 Å². The fourth-order valence-corrected chi connectivity index (χ4v) is 3.04. The molecule has 1 fully saturated rings. The molecule has 1 aromatic heterocycles. The molecule has 0 unspecified atom stereocenters. The highest BCUT2D eigenvalue weighted by Gasteiger charge is 2.11. The third-order valence-electron chi connectivity index (χ3n) is 4.30. The van der Waals surface area contributed by atoms with Gasteiger partial charge in [0.25, 0.3) is 0 Å². The average Bonchev–Trinajstić information content (AvgIpc) is 3.00. The number of hydrogen-bond donors (Lipinski definition) is 0. The van der Waals surface area contributed by atoms with E-state index in [1.165, 1.54) is 49.2 Å². The molecule has 0 spiro atoms. The number of allylic oxidation sites excluding steroid dienone is 4. The van der Waals surface area contributed by atoms with E-state index in [1.54, 1.807) is 0 Å². The Hall–Kier alpha value is -1.61. The van der Waals surface area contributed by atoms with Crippen molar-refractivity contribution < 1.29 is 4.79 Å². The Labute approximate surface area is 134 Å². The first-order chi connectivity index (χ1) is 10.7. The van der Waals surface area contributed by atoms with Crippen LogP contribution in [0.15, 0.2) is 36.2 Å². The highest BCUT2D eigenvalue weighted by Crippen LogP contribution is 2.19. The zero-order valence-corrected chi connectivity index (χ0v) is 13.9. The standard InChI is InChI=1S/C19H28N2O/c1-3-19(14-17(2)8-7-13-22)21-12-9-18(16-21)15-20-10-5-4-6-11-20/h3,8-9,12-13,16H,4-7,10-11,14-15H2,1-2H3/b17-8-,19-3+. The molecular weight excluding hydrogens is 272 g/mol. The first-order valence-corrected chi connectivity index (χ1v) is 8.37. The monoisotopic (exact) mass is 300 g/mol. The van der Waals surface area contributed by atoms with Crippen LogP contribution in [0.1, 0.15) is 51.5 Å². The molecule has 0 atom stereocenters. The quantitative estimate of drug-likeness (QED) is 0.555. The summed E-state index contributed by atoms with van der Waals surface area (Å²) in [4.78, 5) is 13.0. The van der Waals surface area contributed by atoms with Gasteiger partial charge in [-0.05, 0) is 51.4 Å². The van der Waals surface area contributed by atoms with Crippen LogP contribution < -0.4 is 0 Å². The van der Waals surface area contributed by atoms with Gasteiger partial charge in [-0.25, -0.2) is 0 Å². The Balaban J connectivity index is 1.97. The molecule has 1 aliphatic rings. The minimum Gasteiger partial charge on any atom is -0.327 e. The van der Waals surface area contributed by atoms with Gasteiger partial charge in [0.15, 0.2) is 0 Å². The summed E-state index contributed by atoms with van der Waals surface area (Å²) in [7, 11) is 0. The number of carbonyl (C=O) groups is 1. The molecule has 0 amide bonds. The Bertz CT molecular complexity index is 533. The molecule has 1 aliphatic heterocycles. The Morgan fingerprint density at radius 3 is 2.73 bits per heavy atom. The van der Waals surface area contributed by atoms with Crippen molar-refractivity contribution in [2.75, 3.05) is 13.1 Å². The predicted octanol–water partition coefficient (Wildman–Crippen LogP) is 4.26. The zero-order valence-electron chi connectivity index (χ0n) is 13.9. The van der Waals surface area contributed by atoms with Gasteiger partial charge in [-0.3, -0.25) is 4.90 Å². The molecule has 0 saturated carbocycles. The van der Waals surface area contributed by atoms with E-state index in [0.717, 1.165) is 19.3 Å². The van der Waals surface area contributed by atoms with Crippen LogP contribution in [0.2, 0.25) is 0 Å². The first-order valence-electron chi connectivity index (χ1n) is 8.37. The van der Waals surface area contributed by atoms with Crippen LogP contribution >= 0.6 is 0 Å². The van der Waals surface area contributed by atoms with E-state index in [0.29, 0.717) is 6.42 Å². The summed E-state index contributed by atoms with van der Waals surface area (Å²) in [5, 5.41) is 0. The van der Waals surface area contributed by atoms with Gasteiger partial charge in [-0.15, -0.1) is 0 Å². The van der Waals surface area contributed by atoms with Crippen molar-refractivity contribution in [2.45, 2.75) is 52.5 Å². The van der Waals surface area contributed by atoms with Crippen LogP contribution in [0, 0.1) is 0 Å². The normalized spacial score (nSPS) is 17.7. The molecular formula is C19H28N2O. The fourth-order valence-electron chi connectivity index (χ4n) is 3.04. The summed E-state index contributed by atoms with van der Waals surface area (Å²) in [5.74, 6) is 0. The second-order valence-corrected chi connectivity index (χ2v) is 6.17. The van der Waals surface area contributed by atoms with Crippen LogP contribution in [0.3, 0.4) is 0 Å². The van der Waals surface area contributed by atoms with Gasteiger partial charge in [0, 0.05) is 37.5 Å². The Morgan fingerprint density at radius 1 is 1.27 bits per heavy atom. The second-order valence-electron chi connectivity index (χ2n) is 6.17. The lowest BCUT2D eigenvalue weighted by Crippen LogP contribution is -2.28. The number of likely N-dealkylation sites (tertiary alicyclic amines) is 1. The maximum absolute atomic E-state index is 10.5. The molecule has 0 radical (unpaired) electrons. The Morgan fingerprint density at radius 2 is 2.05 bits per heavy atom. The highest BCUT2D eigenvalue weighted by atomic mass is 16.1. The lowest BCUT2D eigenvalue weighted by Gasteiger charge is -2.25. The van der Waals surface area contributed by atoms with Crippen molar-refractivity contribution in [1.29, 1.82) is 0 Å². The summed E-state index contributed by atoms with van der Waals surface area (Å²) in [5.41, 5.74) is 3.90. The van der Waals surface area contributed by atoms with Crippen LogP contribution in [0.25, 0.3) is 5.70 Å². The molecule has 2 rings (SSSR count).